The van der Waals surface area contributed by atoms with E-state index in [1.807, 2.05) is 4.90 Å². The van der Waals surface area contributed by atoms with E-state index in [1.54, 1.807) is 6.07 Å². The van der Waals surface area contributed by atoms with Crippen molar-refractivity contribution in [1.82, 2.24) is 10.2 Å². The van der Waals surface area contributed by atoms with Gasteiger partial charge < -0.3 is 14.4 Å². The summed E-state index contributed by atoms with van der Waals surface area (Å²) in [5.74, 6) is -0.119. The van der Waals surface area contributed by atoms with Crippen LogP contribution >= 0.6 is 0 Å². The SMILES string of the molecule is COC(=O)c1ccc(N2CCC(Oc3ccccc3C(F)(F)F)CC2)nn1. The number of benzene rings is 1. The zero-order chi connectivity index (χ0) is 19.4. The highest BCUT2D eigenvalue weighted by atomic mass is 19.4. The normalized spacial score (nSPS) is 15.5. The molecule has 2 heterocycles. The predicted octanol–water partition coefficient (Wildman–Crippen LogP) is 3.33. The minimum atomic E-state index is -4.45. The molecule has 1 aromatic heterocycles. The predicted molar refractivity (Wildman–Crippen MR) is 90.7 cm³/mol. The van der Waals surface area contributed by atoms with Crippen LogP contribution in [0.5, 0.6) is 5.75 Å². The van der Waals surface area contributed by atoms with E-state index in [4.69, 9.17) is 4.74 Å². The molecule has 0 saturated carbocycles. The Labute approximate surface area is 153 Å². The summed E-state index contributed by atoms with van der Waals surface area (Å²) in [6, 6.07) is 8.41. The van der Waals surface area contributed by atoms with E-state index in [9.17, 15) is 18.0 Å². The first-order chi connectivity index (χ1) is 12.9. The van der Waals surface area contributed by atoms with Crippen molar-refractivity contribution in [1.29, 1.82) is 0 Å². The Balaban J connectivity index is 1.61. The molecule has 2 aromatic rings. The van der Waals surface area contributed by atoms with Crippen molar-refractivity contribution in [3.63, 3.8) is 0 Å². The zero-order valence-electron chi connectivity index (χ0n) is 14.6. The minimum Gasteiger partial charge on any atom is -0.490 e. The Kier molecular flexibility index (Phi) is 5.48. The van der Waals surface area contributed by atoms with Crippen molar-refractivity contribution >= 4 is 11.8 Å². The van der Waals surface area contributed by atoms with Gasteiger partial charge in [-0.1, -0.05) is 12.1 Å². The van der Waals surface area contributed by atoms with Crippen molar-refractivity contribution in [2.45, 2.75) is 25.1 Å². The number of nitrogens with zero attached hydrogens (tertiary/aromatic N) is 3. The molecule has 1 fully saturated rings. The van der Waals surface area contributed by atoms with Gasteiger partial charge in [-0.2, -0.15) is 13.2 Å². The second kappa shape index (κ2) is 7.81. The highest BCUT2D eigenvalue weighted by Crippen LogP contribution is 2.37. The molecule has 0 amide bonds. The van der Waals surface area contributed by atoms with Gasteiger partial charge in [-0.3, -0.25) is 0 Å². The van der Waals surface area contributed by atoms with Crippen LogP contribution in [0.15, 0.2) is 36.4 Å². The number of carbonyl (C=O) groups excluding carboxylic acids is 1. The molecule has 1 aliphatic heterocycles. The number of rotatable bonds is 4. The maximum atomic E-state index is 13.1. The second-order valence-corrected chi connectivity index (χ2v) is 6.07. The maximum Gasteiger partial charge on any atom is 0.419 e. The van der Waals surface area contributed by atoms with Crippen LogP contribution in [-0.4, -0.2) is 42.5 Å². The van der Waals surface area contributed by atoms with Crippen LogP contribution in [0.4, 0.5) is 19.0 Å². The van der Waals surface area contributed by atoms with Crippen LogP contribution in [0.25, 0.3) is 0 Å². The fourth-order valence-corrected chi connectivity index (χ4v) is 2.89. The van der Waals surface area contributed by atoms with E-state index in [-0.39, 0.29) is 17.5 Å². The van der Waals surface area contributed by atoms with E-state index >= 15 is 0 Å². The Morgan fingerprint density at radius 2 is 1.81 bits per heavy atom. The molecule has 3 rings (SSSR count). The first-order valence-electron chi connectivity index (χ1n) is 8.38. The summed E-state index contributed by atoms with van der Waals surface area (Å²) in [6.45, 7) is 1.12. The molecule has 27 heavy (non-hydrogen) atoms. The number of carbonyl (C=O) groups is 1. The molecule has 0 aliphatic carbocycles. The van der Waals surface area contributed by atoms with Gasteiger partial charge in [0.15, 0.2) is 11.5 Å². The lowest BCUT2D eigenvalue weighted by molar-refractivity contribution is -0.139. The van der Waals surface area contributed by atoms with E-state index in [2.05, 4.69) is 14.9 Å². The average molecular weight is 381 g/mol. The van der Waals surface area contributed by atoms with Crippen LogP contribution in [0.2, 0.25) is 0 Å². The Bertz CT molecular complexity index is 788. The first-order valence-corrected chi connectivity index (χ1v) is 8.38. The number of para-hydroxylation sites is 1. The van der Waals surface area contributed by atoms with Gasteiger partial charge in [0, 0.05) is 25.9 Å². The van der Waals surface area contributed by atoms with Crippen LogP contribution in [0, 0.1) is 0 Å². The van der Waals surface area contributed by atoms with Gasteiger partial charge in [-0.05, 0) is 24.3 Å². The number of ether oxygens (including phenoxy) is 2. The molecule has 0 N–H and O–H groups in total. The summed E-state index contributed by atoms with van der Waals surface area (Å²) in [5.41, 5.74) is -0.653. The molecule has 9 heteroatoms. The average Bonchev–Trinajstić information content (AvgIpc) is 2.68. The molecule has 0 bridgehead atoms. The molecule has 0 unspecified atom stereocenters. The van der Waals surface area contributed by atoms with E-state index in [0.29, 0.717) is 31.7 Å². The number of hydrogen-bond acceptors (Lipinski definition) is 6. The van der Waals surface area contributed by atoms with Crippen molar-refractivity contribution in [2.75, 3.05) is 25.1 Å². The molecule has 1 saturated heterocycles. The van der Waals surface area contributed by atoms with Crippen LogP contribution in [0.1, 0.15) is 28.9 Å². The lowest BCUT2D eigenvalue weighted by atomic mass is 10.1. The van der Waals surface area contributed by atoms with Crippen molar-refractivity contribution in [2.24, 2.45) is 0 Å². The molecule has 0 atom stereocenters. The molecule has 144 valence electrons. The number of aromatic nitrogens is 2. The topological polar surface area (TPSA) is 64.5 Å². The van der Waals surface area contributed by atoms with Gasteiger partial charge in [0.2, 0.25) is 0 Å². The summed E-state index contributed by atoms with van der Waals surface area (Å²) in [7, 11) is 1.26. The smallest absolute Gasteiger partial charge is 0.419 e. The fraction of sp³-hybridized carbons (Fsp3) is 0.389. The molecular formula is C18H18F3N3O3. The Hall–Kier alpha value is -2.84. The van der Waals surface area contributed by atoms with Crippen LogP contribution in [-0.2, 0) is 10.9 Å². The summed E-state index contributed by atoms with van der Waals surface area (Å²) < 4.78 is 49.4. The number of anilines is 1. The molecule has 6 nitrogen and oxygen atoms in total. The number of esters is 1. The van der Waals surface area contributed by atoms with Crippen molar-refractivity contribution < 1.29 is 27.4 Å². The number of halogens is 3. The second-order valence-electron chi connectivity index (χ2n) is 6.07. The third-order valence-electron chi connectivity index (χ3n) is 4.30. The highest BCUT2D eigenvalue weighted by molar-refractivity contribution is 5.86. The highest BCUT2D eigenvalue weighted by Gasteiger charge is 2.35. The number of hydrogen-bond donors (Lipinski definition) is 0. The summed E-state index contributed by atoms with van der Waals surface area (Å²) in [4.78, 5) is 13.3. The third-order valence-corrected chi connectivity index (χ3v) is 4.30. The first kappa shape index (κ1) is 18.9. The zero-order valence-corrected chi connectivity index (χ0v) is 14.6. The summed E-state index contributed by atoms with van der Waals surface area (Å²) in [5, 5.41) is 7.84. The van der Waals surface area contributed by atoms with E-state index in [1.165, 1.54) is 31.4 Å². The van der Waals surface area contributed by atoms with Crippen LogP contribution in [0.3, 0.4) is 0 Å². The van der Waals surface area contributed by atoms with Crippen molar-refractivity contribution in [3.8, 4) is 5.75 Å². The molecule has 0 spiro atoms. The Morgan fingerprint density at radius 3 is 2.41 bits per heavy atom. The number of piperidine rings is 1. The van der Waals surface area contributed by atoms with E-state index < -0.39 is 17.7 Å². The van der Waals surface area contributed by atoms with Crippen molar-refractivity contribution in [3.05, 3.63) is 47.7 Å². The largest absolute Gasteiger partial charge is 0.490 e. The number of alkyl halides is 3. The maximum absolute atomic E-state index is 13.1. The fourth-order valence-electron chi connectivity index (χ4n) is 2.89. The lowest BCUT2D eigenvalue weighted by Crippen LogP contribution is -2.39. The quantitative estimate of drug-likeness (QED) is 0.757. The molecule has 1 aliphatic rings. The summed E-state index contributed by atoms with van der Waals surface area (Å²) >= 11 is 0. The van der Waals surface area contributed by atoms with Gasteiger partial charge in [-0.15, -0.1) is 10.2 Å². The van der Waals surface area contributed by atoms with E-state index in [0.717, 1.165) is 6.07 Å². The van der Waals surface area contributed by atoms with Gasteiger partial charge in [-0.25, -0.2) is 4.79 Å². The Morgan fingerprint density at radius 1 is 1.11 bits per heavy atom. The molecule has 1 aromatic carbocycles. The monoisotopic (exact) mass is 381 g/mol. The summed E-state index contributed by atoms with van der Waals surface area (Å²) in [6.07, 6.45) is -3.67. The lowest BCUT2D eigenvalue weighted by Gasteiger charge is -2.33. The van der Waals surface area contributed by atoms with Crippen LogP contribution < -0.4 is 9.64 Å². The molecule has 0 radical (unpaired) electrons. The molecular weight excluding hydrogens is 363 g/mol. The minimum absolute atomic E-state index is 0.114. The standard InChI is InChI=1S/C18H18F3N3O3/c1-26-17(25)14-6-7-16(23-22-14)24-10-8-12(9-11-24)27-15-5-3-2-4-13(15)18(19,20)21/h2-7,12H,8-11H2,1H3. The van der Waals surface area contributed by atoms with Gasteiger partial charge in [0.25, 0.3) is 0 Å². The third kappa shape index (κ3) is 4.47. The number of methoxy groups -OCH3 is 1. The van der Waals surface area contributed by atoms with Gasteiger partial charge in [0.1, 0.15) is 11.9 Å². The van der Waals surface area contributed by atoms with Gasteiger partial charge in [0.05, 0.1) is 12.7 Å². The van der Waals surface area contributed by atoms with Gasteiger partial charge >= 0.3 is 12.1 Å².